The molecule has 1 aromatic heterocycles. The van der Waals surface area contributed by atoms with Crippen molar-refractivity contribution in [1.82, 2.24) is 9.47 Å². The van der Waals surface area contributed by atoms with E-state index in [9.17, 15) is 0 Å². The number of nitrogens with two attached hydrogens (primary N) is 1. The number of hydrogen-bond donors (Lipinski definition) is 2. The Morgan fingerprint density at radius 2 is 1.50 bits per heavy atom. The standard InChI is InChI=1S/C51H60ClN6PS.C2H6/c1-7-28-58-37(3)47(8-2)50(51(58)38-17-19-40(52)20-18-38)39-13-12-14-44(34-39)57-32-30-56(31-33-57)43-24-22-42(23-25-43)54-59(6,48-26-21-41(53)35-49(48)59)45(27-29-55(4)5)36-60-46-15-10-9-11-16-46;1-2/h8-26,34-35,45,54H,2,7,27-33,36,53H2,1,3-6H3;1-2H3. The molecule has 0 aliphatic carbocycles. The van der Waals surface area contributed by atoms with Crippen LogP contribution >= 0.6 is 30.1 Å². The van der Waals surface area contributed by atoms with E-state index in [2.05, 4.69) is 175 Å². The quantitative estimate of drug-likeness (QED) is 0.0574. The molecular weight excluding hydrogens is 819 g/mol. The second-order valence-corrected chi connectivity index (χ2v) is 23.8. The fourth-order valence-corrected chi connectivity index (χ4v) is 17.7. The van der Waals surface area contributed by atoms with Crippen LogP contribution in [0.25, 0.3) is 28.5 Å². The van der Waals surface area contributed by atoms with Crippen molar-refractivity contribution in [2.45, 2.75) is 57.6 Å². The molecule has 1 saturated heterocycles. The van der Waals surface area contributed by atoms with Crippen molar-refractivity contribution in [2.75, 3.05) is 79.9 Å². The minimum atomic E-state index is -2.71. The Balaban J connectivity index is 0.00000285. The molecule has 1 atom stereocenters. The average Bonchev–Trinajstić information content (AvgIpc) is 3.70. The number of rotatable bonds is 16. The minimum absolute atomic E-state index is 0.458. The summed E-state index contributed by atoms with van der Waals surface area (Å²) in [6, 6.07) is 44.1. The predicted octanol–water partition coefficient (Wildman–Crippen LogP) is 12.4. The molecule has 2 aliphatic heterocycles. The molecular formula is C53H66ClN6PS. The third-order valence-corrected chi connectivity index (χ3v) is 20.8. The van der Waals surface area contributed by atoms with E-state index in [0.29, 0.717) is 5.66 Å². The van der Waals surface area contributed by atoms with E-state index >= 15 is 0 Å². The number of halogens is 1. The molecule has 0 spiro atoms. The molecule has 0 saturated carbocycles. The first kappa shape index (κ1) is 45.4. The molecule has 3 heterocycles. The topological polar surface area (TPSA) is 52.7 Å². The number of fused-ring (bicyclic) bond motifs is 1. The smallest absolute Gasteiger partial charge is 0.0568 e. The van der Waals surface area contributed by atoms with Crippen molar-refractivity contribution in [3.05, 3.63) is 144 Å². The van der Waals surface area contributed by atoms with Gasteiger partial charge in [-0.05, 0) is 31.0 Å². The number of nitrogen functional groups attached to an aromatic ring is 1. The number of hydrogen-bond acceptors (Lipinski definition) is 6. The first-order valence-electron chi connectivity index (χ1n) is 22.4. The van der Waals surface area contributed by atoms with Crippen molar-refractivity contribution in [1.29, 1.82) is 0 Å². The first-order valence-corrected chi connectivity index (χ1v) is 26.5. The van der Waals surface area contributed by atoms with Gasteiger partial charge in [0.1, 0.15) is 0 Å². The SMILES string of the molecule is C=Cc1c(-c2cccc(N3CCN(c4ccc(NP5(C)(C(CCN(C)C)CSc6ccccc6)c6ccc(N)cc65)cc4)CC3)c2)c(-c2ccc(Cl)cc2)n(CCC)c1C.CC. The van der Waals surface area contributed by atoms with Gasteiger partial charge in [0.15, 0.2) is 0 Å². The fourth-order valence-electron chi connectivity index (χ4n) is 9.56. The molecule has 2 aliphatic rings. The van der Waals surface area contributed by atoms with Crippen LogP contribution in [0.4, 0.5) is 22.7 Å². The van der Waals surface area contributed by atoms with E-state index in [0.717, 1.165) is 68.6 Å². The van der Waals surface area contributed by atoms with Gasteiger partial charge in [-0.25, -0.2) is 0 Å². The van der Waals surface area contributed by atoms with E-state index in [4.69, 9.17) is 17.3 Å². The summed E-state index contributed by atoms with van der Waals surface area (Å²) in [7, 11) is 4.37. The van der Waals surface area contributed by atoms with Crippen molar-refractivity contribution in [2.24, 2.45) is 0 Å². The zero-order valence-electron chi connectivity index (χ0n) is 37.9. The van der Waals surface area contributed by atoms with Crippen LogP contribution in [-0.4, -0.2) is 74.4 Å². The molecule has 0 amide bonds. The number of anilines is 4. The Morgan fingerprint density at radius 3 is 2.13 bits per heavy atom. The van der Waals surface area contributed by atoms with Gasteiger partial charge in [-0.1, -0.05) is 63.2 Å². The summed E-state index contributed by atoms with van der Waals surface area (Å²) in [5.74, 6) is 1.04. The van der Waals surface area contributed by atoms with Crippen LogP contribution in [-0.2, 0) is 6.54 Å². The van der Waals surface area contributed by atoms with Gasteiger partial charge < -0.3 is 4.57 Å². The third kappa shape index (κ3) is 8.92. The molecule has 0 radical (unpaired) electrons. The molecule has 6 nitrogen and oxygen atoms in total. The summed E-state index contributed by atoms with van der Waals surface area (Å²) < 4.78 is 2.46. The van der Waals surface area contributed by atoms with E-state index in [-0.39, 0.29) is 0 Å². The number of aromatic nitrogens is 1. The molecule has 326 valence electrons. The van der Waals surface area contributed by atoms with E-state index in [1.165, 1.54) is 66.2 Å². The second-order valence-electron chi connectivity index (χ2n) is 17.0. The third-order valence-electron chi connectivity index (χ3n) is 13.0. The molecule has 9 heteroatoms. The number of nitrogens with one attached hydrogen (secondary N) is 1. The van der Waals surface area contributed by atoms with Crippen molar-refractivity contribution >= 4 is 69.6 Å². The number of piperazine rings is 1. The van der Waals surface area contributed by atoms with Gasteiger partial charge in [-0.15, -0.1) is 0 Å². The van der Waals surface area contributed by atoms with Crippen LogP contribution in [0.15, 0.2) is 133 Å². The van der Waals surface area contributed by atoms with E-state index in [1.807, 2.05) is 43.8 Å². The summed E-state index contributed by atoms with van der Waals surface area (Å²) in [5.41, 5.74) is 18.8. The maximum Gasteiger partial charge on any atom is 0.0568 e. The molecule has 1 unspecified atom stereocenters. The summed E-state index contributed by atoms with van der Waals surface area (Å²) in [6.07, 6.45) is 4.18. The number of thioether (sulfide) groups is 1. The second kappa shape index (κ2) is 19.4. The monoisotopic (exact) mass is 884 g/mol. The van der Waals surface area contributed by atoms with Crippen LogP contribution in [0.5, 0.6) is 0 Å². The number of nitrogens with zero attached hydrogens (tertiary/aromatic N) is 4. The van der Waals surface area contributed by atoms with Gasteiger partial charge in [0.2, 0.25) is 0 Å². The molecule has 1 fully saturated rings. The molecule has 62 heavy (non-hydrogen) atoms. The van der Waals surface area contributed by atoms with Gasteiger partial charge in [0.05, 0.1) is 5.69 Å². The van der Waals surface area contributed by atoms with Crippen molar-refractivity contribution in [3.8, 4) is 22.4 Å². The Labute approximate surface area is 381 Å². The Hall–Kier alpha value is -4.65. The van der Waals surface area contributed by atoms with Crippen LogP contribution < -0.4 is 31.2 Å². The molecule has 5 aromatic carbocycles. The molecule has 8 rings (SSSR count). The summed E-state index contributed by atoms with van der Waals surface area (Å²) in [6.45, 7) is 18.4. The van der Waals surface area contributed by atoms with Crippen LogP contribution in [0.3, 0.4) is 0 Å². The maximum absolute atomic E-state index is 6.46. The Bertz CT molecular complexity index is 2460. The fraction of sp³-hybridized carbons (Fsp3) is 0.321. The van der Waals surface area contributed by atoms with Crippen molar-refractivity contribution in [3.63, 3.8) is 0 Å². The Morgan fingerprint density at radius 1 is 0.823 bits per heavy atom. The van der Waals surface area contributed by atoms with Crippen LogP contribution in [0.2, 0.25) is 5.02 Å². The maximum atomic E-state index is 6.46. The van der Waals surface area contributed by atoms with Gasteiger partial charge in [0, 0.05) is 28.4 Å². The predicted molar refractivity (Wildman–Crippen MR) is 278 cm³/mol. The zero-order chi connectivity index (χ0) is 44.0. The molecule has 3 N–H and O–H groups in total. The van der Waals surface area contributed by atoms with Gasteiger partial charge in [-0.3, -0.25) is 0 Å². The van der Waals surface area contributed by atoms with Crippen molar-refractivity contribution < 1.29 is 0 Å². The molecule has 0 bridgehead atoms. The summed E-state index contributed by atoms with van der Waals surface area (Å²) >= 11 is 8.33. The van der Waals surface area contributed by atoms with Crippen LogP contribution in [0.1, 0.15) is 44.9 Å². The van der Waals surface area contributed by atoms with E-state index in [1.54, 1.807) is 0 Å². The normalized spacial score (nSPS) is 16.0. The van der Waals surface area contributed by atoms with Gasteiger partial charge >= 0.3 is 250 Å². The number of benzene rings is 5. The van der Waals surface area contributed by atoms with E-state index < -0.39 is 6.75 Å². The average molecular weight is 886 g/mol. The largest absolute Gasteiger partial charge is 0.344 e. The van der Waals surface area contributed by atoms with Gasteiger partial charge in [-0.2, -0.15) is 0 Å². The minimum Gasteiger partial charge on any atom is -0.344 e. The first-order chi connectivity index (χ1) is 30.0. The van der Waals surface area contributed by atoms with Gasteiger partial charge in [0.25, 0.3) is 0 Å². The summed E-state index contributed by atoms with van der Waals surface area (Å²) in [5, 5.41) is 7.94. The van der Waals surface area contributed by atoms with Crippen LogP contribution in [0, 0.1) is 6.92 Å². The zero-order valence-corrected chi connectivity index (χ0v) is 40.3. The Kier molecular flexibility index (Phi) is 14.2. The summed E-state index contributed by atoms with van der Waals surface area (Å²) in [4.78, 5) is 8.71. The molecule has 6 aromatic rings.